The summed E-state index contributed by atoms with van der Waals surface area (Å²) in [5.41, 5.74) is 0.624. The van der Waals surface area contributed by atoms with Crippen molar-refractivity contribution >= 4 is 5.91 Å². The van der Waals surface area contributed by atoms with Gasteiger partial charge in [0.1, 0.15) is 5.82 Å². The summed E-state index contributed by atoms with van der Waals surface area (Å²) in [6.45, 7) is 6.28. The summed E-state index contributed by atoms with van der Waals surface area (Å²) in [7, 11) is 2.21. The highest BCUT2D eigenvalue weighted by molar-refractivity contribution is 5.91. The molecule has 3 rings (SSSR count). The predicted molar refractivity (Wildman–Crippen MR) is 99.0 cm³/mol. The van der Waals surface area contributed by atoms with Gasteiger partial charge < -0.3 is 9.80 Å². The Bertz CT molecular complexity index is 574. The highest BCUT2D eigenvalue weighted by Gasteiger charge is 2.53. The lowest BCUT2D eigenvalue weighted by atomic mass is 9.91. The SMILES string of the molecule is CCCCN(C)CC1CCN(C(=O)C2(c3ccc(F)cc3)CC2)CC1. The fourth-order valence-corrected chi connectivity index (χ4v) is 4.10. The molecule has 0 unspecified atom stereocenters. The number of hydrogen-bond acceptors (Lipinski definition) is 2. The standard InChI is InChI=1S/C21H31FN2O/c1-3-4-13-23(2)16-17-9-14-24(15-10-17)20(25)21(11-12-21)18-5-7-19(22)8-6-18/h5-8,17H,3-4,9-16H2,1-2H3. The molecule has 2 aliphatic rings. The molecule has 1 saturated carbocycles. The molecule has 0 bridgehead atoms. The fraction of sp³-hybridized carbons (Fsp3) is 0.667. The second kappa shape index (κ2) is 7.86. The maximum absolute atomic E-state index is 13.2. The molecule has 138 valence electrons. The van der Waals surface area contributed by atoms with E-state index in [0.717, 1.165) is 50.9 Å². The van der Waals surface area contributed by atoms with E-state index in [0.29, 0.717) is 5.92 Å². The van der Waals surface area contributed by atoms with E-state index in [1.165, 1.54) is 31.5 Å². The van der Waals surface area contributed by atoms with E-state index >= 15 is 0 Å². The molecule has 1 saturated heterocycles. The highest BCUT2D eigenvalue weighted by atomic mass is 19.1. The molecule has 4 heteroatoms. The number of nitrogens with zero attached hydrogens (tertiary/aromatic N) is 2. The smallest absolute Gasteiger partial charge is 0.233 e. The van der Waals surface area contributed by atoms with Crippen molar-refractivity contribution in [3.63, 3.8) is 0 Å². The first-order valence-corrected chi connectivity index (χ1v) is 9.79. The Morgan fingerprint density at radius 2 is 1.88 bits per heavy atom. The Labute approximate surface area is 151 Å². The average molecular weight is 346 g/mol. The zero-order chi connectivity index (χ0) is 17.9. The number of unbranched alkanes of at least 4 members (excludes halogenated alkanes) is 1. The molecule has 25 heavy (non-hydrogen) atoms. The summed E-state index contributed by atoms with van der Waals surface area (Å²) >= 11 is 0. The molecule has 1 aromatic rings. The zero-order valence-corrected chi connectivity index (χ0v) is 15.6. The van der Waals surface area contributed by atoms with E-state index in [2.05, 4.69) is 23.8 Å². The van der Waals surface area contributed by atoms with E-state index in [1.54, 1.807) is 12.1 Å². The van der Waals surface area contributed by atoms with Gasteiger partial charge in [-0.05, 0) is 69.3 Å². The molecule has 0 radical (unpaired) electrons. The van der Waals surface area contributed by atoms with Crippen LogP contribution < -0.4 is 0 Å². The predicted octanol–water partition coefficient (Wildman–Crippen LogP) is 3.83. The first kappa shape index (κ1) is 18.4. The van der Waals surface area contributed by atoms with Crippen molar-refractivity contribution in [2.75, 3.05) is 33.2 Å². The van der Waals surface area contributed by atoms with Gasteiger partial charge in [0, 0.05) is 19.6 Å². The first-order valence-electron chi connectivity index (χ1n) is 9.79. The minimum atomic E-state index is -0.363. The zero-order valence-electron chi connectivity index (χ0n) is 15.6. The third-order valence-electron chi connectivity index (χ3n) is 5.92. The van der Waals surface area contributed by atoms with Gasteiger partial charge in [-0.1, -0.05) is 25.5 Å². The van der Waals surface area contributed by atoms with Crippen molar-refractivity contribution in [1.29, 1.82) is 0 Å². The minimum Gasteiger partial charge on any atom is -0.342 e. The van der Waals surface area contributed by atoms with Crippen molar-refractivity contribution in [3.8, 4) is 0 Å². The number of piperidine rings is 1. The Kier molecular flexibility index (Phi) is 5.78. The lowest BCUT2D eigenvalue weighted by molar-refractivity contribution is -0.135. The quantitative estimate of drug-likeness (QED) is 0.749. The Morgan fingerprint density at radius 1 is 1.24 bits per heavy atom. The Balaban J connectivity index is 1.52. The van der Waals surface area contributed by atoms with Crippen molar-refractivity contribution in [2.45, 2.75) is 50.9 Å². The van der Waals surface area contributed by atoms with E-state index in [-0.39, 0.29) is 17.1 Å². The molecule has 1 aromatic carbocycles. The van der Waals surface area contributed by atoms with E-state index in [9.17, 15) is 9.18 Å². The number of halogens is 1. The van der Waals surface area contributed by atoms with E-state index in [4.69, 9.17) is 0 Å². The van der Waals surface area contributed by atoms with Crippen LogP contribution in [0.15, 0.2) is 24.3 Å². The third-order valence-corrected chi connectivity index (χ3v) is 5.92. The van der Waals surface area contributed by atoms with Gasteiger partial charge in [-0.25, -0.2) is 4.39 Å². The van der Waals surface area contributed by atoms with Crippen molar-refractivity contribution in [2.24, 2.45) is 5.92 Å². The van der Waals surface area contributed by atoms with Crippen molar-refractivity contribution < 1.29 is 9.18 Å². The summed E-state index contributed by atoms with van der Waals surface area (Å²) in [5.74, 6) is 0.726. The largest absolute Gasteiger partial charge is 0.342 e. The molecule has 1 aliphatic carbocycles. The summed E-state index contributed by atoms with van der Waals surface area (Å²) in [6.07, 6.45) is 6.49. The first-order chi connectivity index (χ1) is 12.0. The lowest BCUT2D eigenvalue weighted by Gasteiger charge is -2.36. The van der Waals surface area contributed by atoms with Gasteiger partial charge >= 0.3 is 0 Å². The van der Waals surface area contributed by atoms with Crippen LogP contribution in [0.2, 0.25) is 0 Å². The van der Waals surface area contributed by atoms with Crippen LogP contribution in [0.25, 0.3) is 0 Å². The van der Waals surface area contributed by atoms with Gasteiger partial charge in [-0.3, -0.25) is 4.79 Å². The lowest BCUT2D eigenvalue weighted by Crippen LogP contribution is -2.45. The topological polar surface area (TPSA) is 23.6 Å². The fourth-order valence-electron chi connectivity index (χ4n) is 4.10. The number of amides is 1. The van der Waals surface area contributed by atoms with Crippen LogP contribution in [0.3, 0.4) is 0 Å². The summed E-state index contributed by atoms with van der Waals surface area (Å²) in [6, 6.07) is 6.52. The van der Waals surface area contributed by atoms with Crippen LogP contribution in [0.4, 0.5) is 4.39 Å². The summed E-state index contributed by atoms with van der Waals surface area (Å²) in [4.78, 5) is 17.6. The average Bonchev–Trinajstić information content (AvgIpc) is 3.42. The highest BCUT2D eigenvalue weighted by Crippen LogP contribution is 2.50. The second-order valence-electron chi connectivity index (χ2n) is 7.94. The van der Waals surface area contributed by atoms with Crippen molar-refractivity contribution in [3.05, 3.63) is 35.6 Å². The second-order valence-corrected chi connectivity index (χ2v) is 7.94. The normalized spacial score (nSPS) is 20.1. The molecule has 0 aromatic heterocycles. The van der Waals surface area contributed by atoms with Crippen LogP contribution in [0.1, 0.15) is 51.0 Å². The number of carbonyl (C=O) groups is 1. The van der Waals surface area contributed by atoms with Gasteiger partial charge in [0.2, 0.25) is 5.91 Å². The number of benzene rings is 1. The maximum atomic E-state index is 13.2. The van der Waals surface area contributed by atoms with Gasteiger partial charge in [-0.15, -0.1) is 0 Å². The number of rotatable bonds is 7. The molecule has 3 nitrogen and oxygen atoms in total. The molecule has 0 N–H and O–H groups in total. The van der Waals surface area contributed by atoms with Gasteiger partial charge in [0.05, 0.1) is 5.41 Å². The molecular formula is C21H31FN2O. The molecule has 1 aliphatic heterocycles. The monoisotopic (exact) mass is 346 g/mol. The van der Waals surface area contributed by atoms with E-state index < -0.39 is 0 Å². The van der Waals surface area contributed by atoms with Crippen molar-refractivity contribution in [1.82, 2.24) is 9.80 Å². The van der Waals surface area contributed by atoms with Gasteiger partial charge in [0.15, 0.2) is 0 Å². The van der Waals surface area contributed by atoms with Gasteiger partial charge in [-0.2, -0.15) is 0 Å². The molecule has 1 heterocycles. The third kappa shape index (κ3) is 4.22. The maximum Gasteiger partial charge on any atom is 0.233 e. The minimum absolute atomic E-state index is 0.236. The van der Waals surface area contributed by atoms with Crippen LogP contribution in [-0.2, 0) is 10.2 Å². The van der Waals surface area contributed by atoms with Crippen LogP contribution in [0.5, 0.6) is 0 Å². The van der Waals surface area contributed by atoms with Crippen LogP contribution in [0, 0.1) is 11.7 Å². The molecule has 0 atom stereocenters. The van der Waals surface area contributed by atoms with Gasteiger partial charge in [0.25, 0.3) is 0 Å². The summed E-state index contributed by atoms with van der Waals surface area (Å²) in [5, 5.41) is 0. The van der Waals surface area contributed by atoms with E-state index in [1.807, 2.05) is 0 Å². The number of likely N-dealkylation sites (tertiary alicyclic amines) is 1. The Hall–Kier alpha value is -1.42. The summed E-state index contributed by atoms with van der Waals surface area (Å²) < 4.78 is 13.2. The Morgan fingerprint density at radius 3 is 2.44 bits per heavy atom. The molecular weight excluding hydrogens is 315 g/mol. The number of carbonyl (C=O) groups excluding carboxylic acids is 1. The van der Waals surface area contributed by atoms with Crippen LogP contribution >= 0.6 is 0 Å². The van der Waals surface area contributed by atoms with Crippen LogP contribution in [-0.4, -0.2) is 48.9 Å². The molecule has 1 amide bonds. The number of hydrogen-bond donors (Lipinski definition) is 0. The molecule has 0 spiro atoms. The molecule has 2 fully saturated rings.